The van der Waals surface area contributed by atoms with E-state index in [9.17, 15) is 22.8 Å². The summed E-state index contributed by atoms with van der Waals surface area (Å²) in [6, 6.07) is 7.33. The molecule has 168 valence electrons. The zero-order valence-electron chi connectivity index (χ0n) is 17.0. The summed E-state index contributed by atoms with van der Waals surface area (Å²) in [5.41, 5.74) is 1.45. The molecule has 0 aliphatic heterocycles. The quantitative estimate of drug-likeness (QED) is 0.556. The second-order valence-electron chi connectivity index (χ2n) is 7.47. The normalized spacial score (nSPS) is 19.0. The number of ether oxygens (including phenoxy) is 2. The van der Waals surface area contributed by atoms with Crippen molar-refractivity contribution >= 4 is 23.2 Å². The van der Waals surface area contributed by atoms with E-state index in [1.165, 1.54) is 35.6 Å². The van der Waals surface area contributed by atoms with E-state index in [1.807, 2.05) is 0 Å². The molecule has 1 aromatic carbocycles. The number of alkyl halides is 3. The van der Waals surface area contributed by atoms with Crippen LogP contribution in [0.3, 0.4) is 0 Å². The van der Waals surface area contributed by atoms with Gasteiger partial charge in [0.2, 0.25) is 0 Å². The van der Waals surface area contributed by atoms with Crippen molar-refractivity contribution in [2.75, 3.05) is 6.61 Å². The minimum atomic E-state index is -4.73. The molecular weight excluding hydrogens is 431 g/mol. The third-order valence-corrected chi connectivity index (χ3v) is 6.12. The SMILES string of the molecule is CCOC(=O)C[C@H]1CC[C@H](NC(=O)c2cc(-c3ccc(OC(F)(F)F)cc3)cs2)CC1. The molecule has 1 heterocycles. The van der Waals surface area contributed by atoms with Gasteiger partial charge in [-0.25, -0.2) is 0 Å². The van der Waals surface area contributed by atoms with E-state index in [-0.39, 0.29) is 23.7 Å². The number of nitrogens with one attached hydrogen (secondary N) is 1. The molecule has 0 spiro atoms. The Labute approximate surface area is 182 Å². The average Bonchev–Trinajstić information content (AvgIpc) is 3.19. The number of amides is 1. The van der Waals surface area contributed by atoms with Gasteiger partial charge in [-0.2, -0.15) is 0 Å². The number of hydrogen-bond donors (Lipinski definition) is 1. The largest absolute Gasteiger partial charge is 0.573 e. The number of halogens is 3. The minimum Gasteiger partial charge on any atom is -0.466 e. The van der Waals surface area contributed by atoms with Gasteiger partial charge in [0.25, 0.3) is 5.91 Å². The third kappa shape index (κ3) is 6.99. The lowest BCUT2D eigenvalue weighted by atomic mass is 9.84. The number of thiophene rings is 1. The summed E-state index contributed by atoms with van der Waals surface area (Å²) in [5, 5.41) is 4.84. The fourth-order valence-corrected chi connectivity index (χ4v) is 4.50. The first-order chi connectivity index (χ1) is 14.7. The van der Waals surface area contributed by atoms with Crippen LogP contribution in [0.2, 0.25) is 0 Å². The Morgan fingerprint density at radius 1 is 1.10 bits per heavy atom. The van der Waals surface area contributed by atoms with Crippen LogP contribution in [-0.4, -0.2) is 30.9 Å². The maximum absolute atomic E-state index is 12.6. The van der Waals surface area contributed by atoms with Gasteiger partial charge in [0, 0.05) is 12.5 Å². The Bertz CT molecular complexity index is 887. The molecule has 0 radical (unpaired) electrons. The molecule has 0 bridgehead atoms. The molecule has 1 saturated carbocycles. The first-order valence-electron chi connectivity index (χ1n) is 10.1. The van der Waals surface area contributed by atoms with Crippen molar-refractivity contribution in [3.63, 3.8) is 0 Å². The minimum absolute atomic E-state index is 0.0651. The molecule has 1 amide bonds. The first-order valence-corrected chi connectivity index (χ1v) is 11.0. The summed E-state index contributed by atoms with van der Waals surface area (Å²) < 4.78 is 45.7. The van der Waals surface area contributed by atoms with Gasteiger partial charge in [-0.15, -0.1) is 24.5 Å². The molecule has 1 N–H and O–H groups in total. The van der Waals surface area contributed by atoms with Crippen LogP contribution in [0, 0.1) is 5.92 Å². The zero-order valence-corrected chi connectivity index (χ0v) is 17.9. The van der Waals surface area contributed by atoms with E-state index in [2.05, 4.69) is 10.1 Å². The standard InChI is InChI=1S/C22H24F3NO4S/c1-2-29-20(27)11-14-3-7-17(8-4-14)26-21(28)19-12-16(13-31-19)15-5-9-18(10-6-15)30-22(23,24)25/h5-6,9-10,12-14,17H,2-4,7-8,11H2,1H3,(H,26,28)/t14-,17-. The summed E-state index contributed by atoms with van der Waals surface area (Å²) in [5.74, 6) is -0.325. The predicted octanol–water partition coefficient (Wildman–Crippen LogP) is 5.56. The lowest BCUT2D eigenvalue weighted by molar-refractivity contribution is -0.274. The fourth-order valence-electron chi connectivity index (χ4n) is 3.68. The van der Waals surface area contributed by atoms with E-state index >= 15 is 0 Å². The highest BCUT2D eigenvalue weighted by Gasteiger charge is 2.31. The molecule has 3 rings (SSSR count). The molecule has 0 unspecified atom stereocenters. The van der Waals surface area contributed by atoms with Crippen LogP contribution in [0.5, 0.6) is 5.75 Å². The molecule has 2 aromatic rings. The van der Waals surface area contributed by atoms with Crippen LogP contribution in [0.25, 0.3) is 11.1 Å². The molecule has 1 aromatic heterocycles. The van der Waals surface area contributed by atoms with Crippen LogP contribution in [-0.2, 0) is 9.53 Å². The van der Waals surface area contributed by atoms with Crippen LogP contribution in [0.4, 0.5) is 13.2 Å². The molecular formula is C22H24F3NO4S. The Kier molecular flexibility index (Phi) is 7.59. The molecule has 0 saturated heterocycles. The summed E-state index contributed by atoms with van der Waals surface area (Å²) >= 11 is 1.29. The predicted molar refractivity (Wildman–Crippen MR) is 111 cm³/mol. The van der Waals surface area contributed by atoms with E-state index in [1.54, 1.807) is 18.4 Å². The molecule has 1 fully saturated rings. The van der Waals surface area contributed by atoms with E-state index in [4.69, 9.17) is 4.74 Å². The fraction of sp³-hybridized carbons (Fsp3) is 0.455. The maximum atomic E-state index is 12.6. The molecule has 9 heteroatoms. The second kappa shape index (κ2) is 10.2. The number of benzene rings is 1. The Hall–Kier alpha value is -2.55. The average molecular weight is 455 g/mol. The lowest BCUT2D eigenvalue weighted by Crippen LogP contribution is -2.37. The summed E-state index contributed by atoms with van der Waals surface area (Å²) in [6.07, 6.45) is -0.941. The van der Waals surface area contributed by atoms with Gasteiger partial charge in [-0.1, -0.05) is 12.1 Å². The van der Waals surface area contributed by atoms with Crippen LogP contribution in [0.1, 0.15) is 48.7 Å². The van der Waals surface area contributed by atoms with Gasteiger partial charge in [0.15, 0.2) is 0 Å². The van der Waals surface area contributed by atoms with Crippen molar-refractivity contribution in [1.82, 2.24) is 5.32 Å². The molecule has 1 aliphatic rings. The van der Waals surface area contributed by atoms with Crippen molar-refractivity contribution in [1.29, 1.82) is 0 Å². The molecule has 5 nitrogen and oxygen atoms in total. The Balaban J connectivity index is 1.51. The summed E-state index contributed by atoms with van der Waals surface area (Å²) in [7, 11) is 0. The highest BCUT2D eigenvalue weighted by atomic mass is 32.1. The highest BCUT2D eigenvalue weighted by Crippen LogP contribution is 2.30. The number of carbonyl (C=O) groups is 2. The lowest BCUT2D eigenvalue weighted by Gasteiger charge is -2.28. The topological polar surface area (TPSA) is 64.6 Å². The van der Waals surface area contributed by atoms with Crippen LogP contribution in [0.15, 0.2) is 35.7 Å². The molecule has 31 heavy (non-hydrogen) atoms. The van der Waals surface area contributed by atoms with E-state index < -0.39 is 6.36 Å². The first kappa shape index (κ1) is 23.1. The Morgan fingerprint density at radius 3 is 2.39 bits per heavy atom. The van der Waals surface area contributed by atoms with E-state index in [0.717, 1.165) is 31.2 Å². The van der Waals surface area contributed by atoms with Crippen LogP contribution >= 0.6 is 11.3 Å². The van der Waals surface area contributed by atoms with Gasteiger partial charge in [-0.3, -0.25) is 9.59 Å². The van der Waals surface area contributed by atoms with Crippen molar-refractivity contribution in [2.24, 2.45) is 5.92 Å². The zero-order chi connectivity index (χ0) is 22.4. The van der Waals surface area contributed by atoms with Gasteiger partial charge >= 0.3 is 12.3 Å². The summed E-state index contributed by atoms with van der Waals surface area (Å²) in [6.45, 7) is 2.18. The van der Waals surface area contributed by atoms with Crippen molar-refractivity contribution in [3.05, 3.63) is 40.6 Å². The monoisotopic (exact) mass is 455 g/mol. The molecule has 0 atom stereocenters. The highest BCUT2D eigenvalue weighted by molar-refractivity contribution is 7.12. The molecule has 1 aliphatic carbocycles. The van der Waals surface area contributed by atoms with Gasteiger partial charge < -0.3 is 14.8 Å². The van der Waals surface area contributed by atoms with Crippen molar-refractivity contribution in [2.45, 2.75) is 51.4 Å². The Morgan fingerprint density at radius 2 is 1.77 bits per heavy atom. The van der Waals surface area contributed by atoms with Crippen molar-refractivity contribution in [3.8, 4) is 16.9 Å². The second-order valence-corrected chi connectivity index (χ2v) is 8.38. The van der Waals surface area contributed by atoms with Gasteiger partial charge in [0.1, 0.15) is 5.75 Å². The number of carbonyl (C=O) groups excluding carboxylic acids is 2. The maximum Gasteiger partial charge on any atom is 0.573 e. The number of rotatable bonds is 7. The van der Waals surface area contributed by atoms with Crippen molar-refractivity contribution < 1.29 is 32.2 Å². The van der Waals surface area contributed by atoms with E-state index in [0.29, 0.717) is 29.4 Å². The van der Waals surface area contributed by atoms with Gasteiger partial charge in [0.05, 0.1) is 11.5 Å². The van der Waals surface area contributed by atoms with Crippen LogP contribution < -0.4 is 10.1 Å². The smallest absolute Gasteiger partial charge is 0.466 e. The number of esters is 1. The van der Waals surface area contributed by atoms with Gasteiger partial charge in [-0.05, 0) is 73.2 Å². The number of hydrogen-bond acceptors (Lipinski definition) is 5. The summed E-state index contributed by atoms with van der Waals surface area (Å²) in [4.78, 5) is 24.7. The third-order valence-electron chi connectivity index (χ3n) is 5.19.